The normalized spacial score (nSPS) is 11.7. The first-order valence-corrected chi connectivity index (χ1v) is 7.23. The third-order valence-electron chi connectivity index (χ3n) is 3.80. The maximum absolute atomic E-state index is 13.1. The van der Waals surface area contributed by atoms with E-state index in [1.54, 1.807) is 30.3 Å². The lowest BCUT2D eigenvalue weighted by molar-refractivity contribution is -0.138. The molecule has 124 valence electrons. The van der Waals surface area contributed by atoms with Crippen molar-refractivity contribution in [2.45, 2.75) is 12.6 Å². The molecule has 3 aromatic rings. The number of hydrogen-bond acceptors (Lipinski definition) is 2. The van der Waals surface area contributed by atoms with Crippen molar-refractivity contribution in [2.24, 2.45) is 0 Å². The molecule has 0 atom stereocenters. The van der Waals surface area contributed by atoms with Gasteiger partial charge < -0.3 is 9.72 Å². The highest BCUT2D eigenvalue weighted by Gasteiger charge is 2.32. The largest absolute Gasteiger partial charge is 0.465 e. The number of aromatic amines is 1. The number of alkyl halides is 3. The number of rotatable bonds is 3. The Morgan fingerprint density at radius 2 is 1.88 bits per heavy atom. The molecule has 24 heavy (non-hydrogen) atoms. The molecular weight excluding hydrogens is 319 g/mol. The van der Waals surface area contributed by atoms with Gasteiger partial charge in [-0.2, -0.15) is 13.2 Å². The number of ether oxygens (including phenoxy) is 1. The first-order valence-electron chi connectivity index (χ1n) is 7.23. The number of carbonyl (C=O) groups is 1. The number of esters is 1. The summed E-state index contributed by atoms with van der Waals surface area (Å²) in [5.41, 5.74) is 1.35. The molecule has 0 fully saturated rings. The molecule has 3 nitrogen and oxygen atoms in total. The van der Waals surface area contributed by atoms with Gasteiger partial charge in [-0.25, -0.2) is 4.79 Å². The quantitative estimate of drug-likeness (QED) is 0.714. The Hall–Kier alpha value is -2.76. The molecule has 1 N–H and O–H groups in total. The van der Waals surface area contributed by atoms with Crippen LogP contribution in [0.5, 0.6) is 0 Å². The summed E-state index contributed by atoms with van der Waals surface area (Å²) >= 11 is 0. The molecule has 0 saturated carbocycles. The lowest BCUT2D eigenvalue weighted by atomic mass is 10.0. The molecule has 0 saturated heterocycles. The van der Waals surface area contributed by atoms with Crippen LogP contribution in [-0.4, -0.2) is 18.1 Å². The molecule has 2 aromatic carbocycles. The van der Waals surface area contributed by atoms with Gasteiger partial charge in [0, 0.05) is 23.0 Å². The van der Waals surface area contributed by atoms with Gasteiger partial charge in [-0.05, 0) is 35.9 Å². The number of fused-ring (bicyclic) bond motifs is 1. The third-order valence-corrected chi connectivity index (χ3v) is 3.80. The number of aromatic nitrogens is 1. The summed E-state index contributed by atoms with van der Waals surface area (Å²) in [6.45, 7) is 0. The van der Waals surface area contributed by atoms with Gasteiger partial charge in [0.15, 0.2) is 0 Å². The predicted molar refractivity (Wildman–Crippen MR) is 83.9 cm³/mol. The van der Waals surface area contributed by atoms with E-state index in [1.807, 2.05) is 0 Å². The van der Waals surface area contributed by atoms with Crippen molar-refractivity contribution in [1.82, 2.24) is 4.98 Å². The minimum atomic E-state index is -4.39. The van der Waals surface area contributed by atoms with Gasteiger partial charge in [0.2, 0.25) is 0 Å². The van der Waals surface area contributed by atoms with Crippen molar-refractivity contribution < 1.29 is 22.7 Å². The Balaban J connectivity index is 1.96. The second kappa shape index (κ2) is 6.03. The van der Waals surface area contributed by atoms with Crippen molar-refractivity contribution in [3.05, 3.63) is 70.9 Å². The summed E-state index contributed by atoms with van der Waals surface area (Å²) in [6.07, 6.45) is -4.27. The summed E-state index contributed by atoms with van der Waals surface area (Å²) < 4.78 is 43.9. The van der Waals surface area contributed by atoms with Crippen LogP contribution in [0.15, 0.2) is 48.5 Å². The fourth-order valence-electron chi connectivity index (χ4n) is 2.69. The fourth-order valence-corrected chi connectivity index (χ4v) is 2.69. The van der Waals surface area contributed by atoms with E-state index in [9.17, 15) is 18.0 Å². The Kier molecular flexibility index (Phi) is 4.05. The van der Waals surface area contributed by atoms with Crippen LogP contribution in [0.1, 0.15) is 27.2 Å². The van der Waals surface area contributed by atoms with Gasteiger partial charge >= 0.3 is 12.1 Å². The first kappa shape index (κ1) is 16.1. The van der Waals surface area contributed by atoms with Gasteiger partial charge in [-0.3, -0.25) is 0 Å². The highest BCUT2D eigenvalue weighted by Crippen LogP contribution is 2.33. The van der Waals surface area contributed by atoms with Gasteiger partial charge in [-0.15, -0.1) is 0 Å². The lowest BCUT2D eigenvalue weighted by Gasteiger charge is -2.11. The van der Waals surface area contributed by atoms with E-state index in [2.05, 4.69) is 9.72 Å². The molecule has 0 aliphatic rings. The van der Waals surface area contributed by atoms with Gasteiger partial charge in [0.05, 0.1) is 18.2 Å². The maximum atomic E-state index is 13.1. The molecule has 6 heteroatoms. The van der Waals surface area contributed by atoms with E-state index in [0.29, 0.717) is 11.3 Å². The zero-order valence-electron chi connectivity index (χ0n) is 12.8. The Labute approximate surface area is 136 Å². The van der Waals surface area contributed by atoms with Crippen molar-refractivity contribution in [1.29, 1.82) is 0 Å². The smallest absolute Gasteiger partial charge is 0.416 e. The van der Waals surface area contributed by atoms with Crippen LogP contribution >= 0.6 is 0 Å². The van der Waals surface area contributed by atoms with Crippen molar-refractivity contribution >= 4 is 16.9 Å². The van der Waals surface area contributed by atoms with Crippen LogP contribution in [0.25, 0.3) is 10.9 Å². The topological polar surface area (TPSA) is 42.1 Å². The molecule has 0 aliphatic carbocycles. The minimum absolute atomic E-state index is 0.123. The van der Waals surface area contributed by atoms with Crippen LogP contribution in [0.3, 0.4) is 0 Å². The monoisotopic (exact) mass is 333 g/mol. The Morgan fingerprint density at radius 1 is 1.12 bits per heavy atom. The lowest BCUT2D eigenvalue weighted by Crippen LogP contribution is -2.09. The second-order valence-corrected chi connectivity index (χ2v) is 5.42. The highest BCUT2D eigenvalue weighted by molar-refractivity contribution is 5.94. The molecule has 0 spiro atoms. The molecule has 0 amide bonds. The van der Waals surface area contributed by atoms with Crippen molar-refractivity contribution in [3.63, 3.8) is 0 Å². The third kappa shape index (κ3) is 3.13. The summed E-state index contributed by atoms with van der Waals surface area (Å²) in [5.74, 6) is -0.456. The van der Waals surface area contributed by atoms with Gasteiger partial charge in [-0.1, -0.05) is 18.2 Å². The average Bonchev–Trinajstić information content (AvgIpc) is 2.94. The zero-order chi connectivity index (χ0) is 17.3. The number of methoxy groups -OCH3 is 1. The maximum Gasteiger partial charge on any atom is 0.416 e. The van der Waals surface area contributed by atoms with E-state index < -0.39 is 17.7 Å². The van der Waals surface area contributed by atoms with Gasteiger partial charge in [0.25, 0.3) is 0 Å². The Bertz CT molecular complexity index is 897. The van der Waals surface area contributed by atoms with E-state index in [0.717, 1.165) is 17.0 Å². The van der Waals surface area contributed by atoms with Crippen molar-refractivity contribution in [3.8, 4) is 0 Å². The van der Waals surface area contributed by atoms with Crippen LogP contribution in [0, 0.1) is 0 Å². The standard InChI is InChI=1S/C18H14F3NO2/c1-24-17(23)12-6-7-16-13(8-12)10-14(22-16)9-11-4-2-3-5-15(11)18(19,20)21/h2-8,10,22H,9H2,1H3. The Morgan fingerprint density at radius 3 is 2.58 bits per heavy atom. The molecule has 0 aliphatic heterocycles. The first-order chi connectivity index (χ1) is 11.4. The SMILES string of the molecule is COC(=O)c1ccc2[nH]c(Cc3ccccc3C(F)(F)F)cc2c1. The van der Waals surface area contributed by atoms with Gasteiger partial charge in [0.1, 0.15) is 0 Å². The van der Waals surface area contributed by atoms with Crippen molar-refractivity contribution in [2.75, 3.05) is 7.11 Å². The minimum Gasteiger partial charge on any atom is -0.465 e. The van der Waals surface area contributed by atoms with Crippen LogP contribution < -0.4 is 0 Å². The fraction of sp³-hybridized carbons (Fsp3) is 0.167. The number of nitrogens with one attached hydrogen (secondary N) is 1. The molecule has 3 rings (SSSR count). The molecule has 1 heterocycles. The van der Waals surface area contributed by atoms with Crippen LogP contribution in [-0.2, 0) is 17.3 Å². The predicted octanol–water partition coefficient (Wildman–Crippen LogP) is 4.56. The molecule has 0 radical (unpaired) electrons. The summed E-state index contributed by atoms with van der Waals surface area (Å²) in [6, 6.07) is 12.2. The highest BCUT2D eigenvalue weighted by atomic mass is 19.4. The zero-order valence-corrected chi connectivity index (χ0v) is 12.8. The summed E-state index contributed by atoms with van der Waals surface area (Å²) in [7, 11) is 1.29. The average molecular weight is 333 g/mol. The number of hydrogen-bond donors (Lipinski definition) is 1. The van der Waals surface area contributed by atoms with E-state index in [4.69, 9.17) is 0 Å². The van der Waals surface area contributed by atoms with E-state index >= 15 is 0 Å². The molecular formula is C18H14F3NO2. The molecule has 0 unspecified atom stereocenters. The molecule has 1 aromatic heterocycles. The van der Waals surface area contributed by atoms with E-state index in [-0.39, 0.29) is 12.0 Å². The number of halogens is 3. The summed E-state index contributed by atoms with van der Waals surface area (Å²) in [5, 5.41) is 0.748. The number of H-pyrrole nitrogens is 1. The number of carbonyl (C=O) groups excluding carboxylic acids is 1. The van der Waals surface area contributed by atoms with Crippen LogP contribution in [0.4, 0.5) is 13.2 Å². The number of benzene rings is 2. The van der Waals surface area contributed by atoms with E-state index in [1.165, 1.54) is 19.2 Å². The second-order valence-electron chi connectivity index (χ2n) is 5.42. The van der Waals surface area contributed by atoms with Crippen LogP contribution in [0.2, 0.25) is 0 Å². The molecule has 0 bridgehead atoms. The summed E-state index contributed by atoms with van der Waals surface area (Å²) in [4.78, 5) is 14.6.